The van der Waals surface area contributed by atoms with Gasteiger partial charge in [0, 0.05) is 19.2 Å². The molecule has 0 aliphatic carbocycles. The summed E-state index contributed by atoms with van der Waals surface area (Å²) in [4.78, 5) is 8.33. The van der Waals surface area contributed by atoms with Crippen LogP contribution in [-0.2, 0) is 11.2 Å². The molecule has 0 saturated heterocycles. The van der Waals surface area contributed by atoms with Gasteiger partial charge in [0.25, 0.3) is 0 Å². The van der Waals surface area contributed by atoms with Gasteiger partial charge in [-0.2, -0.15) is 0 Å². The normalized spacial score (nSPS) is 14.5. The van der Waals surface area contributed by atoms with Crippen LogP contribution in [0.3, 0.4) is 0 Å². The second kappa shape index (κ2) is 6.84. The van der Waals surface area contributed by atoms with Crippen molar-refractivity contribution in [1.29, 1.82) is 0 Å². The maximum absolute atomic E-state index is 9.26. The lowest BCUT2D eigenvalue weighted by atomic mass is 10.2. The molecule has 2 rings (SSSR count). The molecular formula is C14H22N4O3. The molecule has 0 bridgehead atoms. The highest BCUT2D eigenvalue weighted by atomic mass is 16.5. The van der Waals surface area contributed by atoms with E-state index >= 15 is 0 Å². The van der Waals surface area contributed by atoms with Crippen LogP contribution in [-0.4, -0.2) is 44.1 Å². The Morgan fingerprint density at radius 2 is 2.14 bits per heavy atom. The van der Waals surface area contributed by atoms with Gasteiger partial charge in [0.2, 0.25) is 0 Å². The first-order valence-electron chi connectivity index (χ1n) is 7.09. The van der Waals surface area contributed by atoms with E-state index < -0.39 is 6.23 Å². The summed E-state index contributed by atoms with van der Waals surface area (Å²) in [6, 6.07) is 0. The van der Waals surface area contributed by atoms with Crippen LogP contribution in [0.2, 0.25) is 0 Å². The Labute approximate surface area is 123 Å². The molecule has 0 spiro atoms. The molecule has 116 valence electrons. The Bertz CT molecular complexity index is 599. The van der Waals surface area contributed by atoms with Crippen molar-refractivity contribution in [3.63, 3.8) is 0 Å². The molecule has 7 nitrogen and oxygen atoms in total. The SMILES string of the molecule is CCc1cn([C@@H](CCO)OC(C)CO)c2ncnc(N)c12. The summed E-state index contributed by atoms with van der Waals surface area (Å²) in [6.45, 7) is 3.70. The minimum Gasteiger partial charge on any atom is -0.396 e. The molecule has 2 aromatic rings. The molecule has 7 heteroatoms. The lowest BCUT2D eigenvalue weighted by molar-refractivity contribution is -0.0732. The van der Waals surface area contributed by atoms with Crippen LogP contribution in [0.1, 0.15) is 32.1 Å². The molecule has 2 atom stereocenters. The van der Waals surface area contributed by atoms with Gasteiger partial charge < -0.3 is 25.3 Å². The van der Waals surface area contributed by atoms with Crippen LogP contribution in [0.4, 0.5) is 5.82 Å². The number of hydrogen-bond donors (Lipinski definition) is 3. The fraction of sp³-hybridized carbons (Fsp3) is 0.571. The molecule has 0 radical (unpaired) electrons. The van der Waals surface area contributed by atoms with Crippen molar-refractivity contribution >= 4 is 16.9 Å². The smallest absolute Gasteiger partial charge is 0.147 e. The van der Waals surface area contributed by atoms with Crippen molar-refractivity contribution in [3.05, 3.63) is 18.1 Å². The third-order valence-electron chi connectivity index (χ3n) is 3.43. The number of aliphatic hydroxyl groups excluding tert-OH is 2. The van der Waals surface area contributed by atoms with Crippen LogP contribution in [0.25, 0.3) is 11.0 Å². The highest BCUT2D eigenvalue weighted by Gasteiger charge is 2.20. The number of aromatic nitrogens is 3. The monoisotopic (exact) mass is 294 g/mol. The largest absolute Gasteiger partial charge is 0.396 e. The standard InChI is InChI=1S/C14H22N4O3/c1-3-10-6-18(11(4-5-19)21-9(2)7-20)14-12(10)13(15)16-8-17-14/h6,8-9,11,19-20H,3-5,7H2,1-2H3,(H2,15,16,17)/t9?,11-/m1/s1. The quantitative estimate of drug-likeness (QED) is 0.699. The van der Waals surface area contributed by atoms with Crippen molar-refractivity contribution in [2.24, 2.45) is 0 Å². The first kappa shape index (κ1) is 15.7. The summed E-state index contributed by atoms with van der Waals surface area (Å²) in [6.07, 6.45) is 3.81. The Morgan fingerprint density at radius 3 is 2.76 bits per heavy atom. The van der Waals surface area contributed by atoms with Gasteiger partial charge in [-0.1, -0.05) is 6.92 Å². The summed E-state index contributed by atoms with van der Waals surface area (Å²) in [7, 11) is 0. The molecular weight excluding hydrogens is 272 g/mol. The van der Waals surface area contributed by atoms with Crippen molar-refractivity contribution in [2.75, 3.05) is 18.9 Å². The molecule has 0 aliphatic heterocycles. The number of rotatable bonds is 7. The molecule has 0 saturated carbocycles. The van der Waals surface area contributed by atoms with Gasteiger partial charge >= 0.3 is 0 Å². The number of ether oxygens (including phenoxy) is 1. The predicted octanol–water partition coefficient (Wildman–Crippen LogP) is 0.854. The van der Waals surface area contributed by atoms with E-state index in [4.69, 9.17) is 15.6 Å². The topological polar surface area (TPSA) is 106 Å². The third kappa shape index (κ3) is 3.15. The van der Waals surface area contributed by atoms with Gasteiger partial charge in [-0.3, -0.25) is 0 Å². The van der Waals surface area contributed by atoms with Crippen LogP contribution >= 0.6 is 0 Å². The number of nitrogens with zero attached hydrogens (tertiary/aromatic N) is 3. The average Bonchev–Trinajstić information content (AvgIpc) is 2.86. The van der Waals surface area contributed by atoms with E-state index in [1.807, 2.05) is 17.7 Å². The van der Waals surface area contributed by atoms with E-state index in [0.717, 1.165) is 17.4 Å². The van der Waals surface area contributed by atoms with E-state index in [1.54, 1.807) is 6.92 Å². The summed E-state index contributed by atoms with van der Waals surface area (Å²) in [5.41, 5.74) is 7.67. The first-order valence-corrected chi connectivity index (χ1v) is 7.09. The van der Waals surface area contributed by atoms with Crippen molar-refractivity contribution in [1.82, 2.24) is 14.5 Å². The third-order valence-corrected chi connectivity index (χ3v) is 3.43. The van der Waals surface area contributed by atoms with Gasteiger partial charge in [0.15, 0.2) is 0 Å². The van der Waals surface area contributed by atoms with E-state index in [1.165, 1.54) is 6.33 Å². The first-order chi connectivity index (χ1) is 10.1. The van der Waals surface area contributed by atoms with Gasteiger partial charge in [-0.15, -0.1) is 0 Å². The van der Waals surface area contributed by atoms with E-state index in [0.29, 0.717) is 17.9 Å². The lowest BCUT2D eigenvalue weighted by Gasteiger charge is -2.22. The molecule has 0 amide bonds. The van der Waals surface area contributed by atoms with E-state index in [2.05, 4.69) is 9.97 Å². The maximum atomic E-state index is 9.26. The van der Waals surface area contributed by atoms with Crippen LogP contribution < -0.4 is 5.73 Å². The van der Waals surface area contributed by atoms with Crippen molar-refractivity contribution in [3.8, 4) is 0 Å². The molecule has 2 aromatic heterocycles. The number of aliphatic hydroxyl groups is 2. The Morgan fingerprint density at radius 1 is 1.38 bits per heavy atom. The zero-order valence-corrected chi connectivity index (χ0v) is 12.4. The van der Waals surface area contributed by atoms with Crippen molar-refractivity contribution < 1.29 is 14.9 Å². The maximum Gasteiger partial charge on any atom is 0.147 e. The summed E-state index contributed by atoms with van der Waals surface area (Å²) < 4.78 is 7.64. The zero-order chi connectivity index (χ0) is 15.4. The highest BCUT2D eigenvalue weighted by Crippen LogP contribution is 2.29. The summed E-state index contributed by atoms with van der Waals surface area (Å²) in [5, 5.41) is 19.2. The molecule has 4 N–H and O–H groups in total. The highest BCUT2D eigenvalue weighted by molar-refractivity contribution is 5.89. The minimum atomic E-state index is -0.408. The lowest BCUT2D eigenvalue weighted by Crippen LogP contribution is -2.22. The number of nitrogens with two attached hydrogens (primary N) is 1. The fourth-order valence-corrected chi connectivity index (χ4v) is 2.37. The van der Waals surface area contributed by atoms with Crippen LogP contribution in [0.5, 0.6) is 0 Å². The number of anilines is 1. The van der Waals surface area contributed by atoms with Crippen LogP contribution in [0, 0.1) is 0 Å². The van der Waals surface area contributed by atoms with Gasteiger partial charge in [0.05, 0.1) is 18.1 Å². The summed E-state index contributed by atoms with van der Waals surface area (Å²) >= 11 is 0. The summed E-state index contributed by atoms with van der Waals surface area (Å²) in [5.74, 6) is 0.438. The second-order valence-electron chi connectivity index (χ2n) is 4.97. The Kier molecular flexibility index (Phi) is 5.11. The Balaban J connectivity index is 2.49. The van der Waals surface area contributed by atoms with E-state index in [-0.39, 0.29) is 19.3 Å². The second-order valence-corrected chi connectivity index (χ2v) is 4.97. The number of nitrogen functional groups attached to an aromatic ring is 1. The zero-order valence-electron chi connectivity index (χ0n) is 12.4. The van der Waals surface area contributed by atoms with Gasteiger partial charge in [-0.25, -0.2) is 9.97 Å². The molecule has 0 fully saturated rings. The molecule has 2 heterocycles. The van der Waals surface area contributed by atoms with Crippen LogP contribution in [0.15, 0.2) is 12.5 Å². The minimum absolute atomic E-state index is 0.0233. The molecule has 0 aromatic carbocycles. The van der Waals surface area contributed by atoms with Crippen molar-refractivity contribution in [2.45, 2.75) is 39.0 Å². The van der Waals surface area contributed by atoms with Gasteiger partial charge in [0.1, 0.15) is 24.0 Å². The molecule has 1 unspecified atom stereocenters. The predicted molar refractivity (Wildman–Crippen MR) is 79.7 cm³/mol. The number of aryl methyl sites for hydroxylation is 1. The van der Waals surface area contributed by atoms with E-state index in [9.17, 15) is 5.11 Å². The average molecular weight is 294 g/mol. The molecule has 21 heavy (non-hydrogen) atoms. The number of fused-ring (bicyclic) bond motifs is 1. The molecule has 0 aliphatic rings. The fourth-order valence-electron chi connectivity index (χ4n) is 2.37. The van der Waals surface area contributed by atoms with Gasteiger partial charge in [-0.05, 0) is 18.9 Å². The Hall–Kier alpha value is -1.70. The number of hydrogen-bond acceptors (Lipinski definition) is 6.